The summed E-state index contributed by atoms with van der Waals surface area (Å²) in [5, 5.41) is 2.96. The predicted molar refractivity (Wildman–Crippen MR) is 77.3 cm³/mol. The van der Waals surface area contributed by atoms with Gasteiger partial charge in [0.1, 0.15) is 5.82 Å². The van der Waals surface area contributed by atoms with E-state index in [0.29, 0.717) is 11.0 Å². The smallest absolute Gasteiger partial charge is 0.255 e. The molecule has 4 nitrogen and oxygen atoms in total. The molecule has 1 amide bonds. The minimum absolute atomic E-state index is 0.110. The number of rotatable bonds is 4. The first kappa shape index (κ1) is 13.8. The third-order valence-electron chi connectivity index (χ3n) is 4.49. The molecule has 0 aromatic carbocycles. The van der Waals surface area contributed by atoms with Crippen LogP contribution < -0.4 is 5.32 Å². The lowest BCUT2D eigenvalue weighted by Crippen LogP contribution is -2.31. The van der Waals surface area contributed by atoms with Gasteiger partial charge in [0.15, 0.2) is 0 Å². The number of aromatic nitrogens is 1. The number of anilines is 1. The summed E-state index contributed by atoms with van der Waals surface area (Å²) in [4.78, 5) is 18.6. The monoisotopic (exact) mass is 261 g/mol. The van der Waals surface area contributed by atoms with Crippen molar-refractivity contribution in [2.45, 2.75) is 33.1 Å². The number of carbonyl (C=O) groups is 1. The fourth-order valence-electron chi connectivity index (χ4n) is 2.79. The Kier molecular flexibility index (Phi) is 4.08. The predicted octanol–water partition coefficient (Wildman–Crippen LogP) is 2.78. The van der Waals surface area contributed by atoms with Crippen molar-refractivity contribution in [2.75, 3.05) is 25.5 Å². The van der Waals surface area contributed by atoms with Gasteiger partial charge in [-0.3, -0.25) is 4.79 Å². The van der Waals surface area contributed by atoms with Crippen LogP contribution in [-0.2, 0) is 0 Å². The van der Waals surface area contributed by atoms with Crippen molar-refractivity contribution in [1.29, 1.82) is 0 Å². The second-order valence-corrected chi connectivity index (χ2v) is 5.37. The fourth-order valence-corrected chi connectivity index (χ4v) is 2.79. The molecule has 1 saturated heterocycles. The molecule has 0 aliphatic carbocycles. The highest BCUT2D eigenvalue weighted by atomic mass is 16.2. The van der Waals surface area contributed by atoms with Crippen LogP contribution in [0.25, 0.3) is 0 Å². The van der Waals surface area contributed by atoms with E-state index in [4.69, 9.17) is 0 Å². The molecule has 1 N–H and O–H groups in total. The molecule has 1 fully saturated rings. The molecule has 0 atom stereocenters. The van der Waals surface area contributed by atoms with Crippen LogP contribution in [0.4, 0.5) is 5.82 Å². The first-order valence-corrected chi connectivity index (χ1v) is 7.07. The van der Waals surface area contributed by atoms with Gasteiger partial charge in [-0.25, -0.2) is 4.98 Å². The van der Waals surface area contributed by atoms with Crippen molar-refractivity contribution in [3.05, 3.63) is 23.9 Å². The summed E-state index contributed by atoms with van der Waals surface area (Å²) >= 11 is 0. The van der Waals surface area contributed by atoms with Crippen LogP contribution in [0, 0.1) is 5.41 Å². The lowest BCUT2D eigenvalue weighted by Gasteiger charge is -2.26. The number of carbonyl (C=O) groups excluding carboxylic acids is 1. The van der Waals surface area contributed by atoms with E-state index in [1.54, 1.807) is 6.20 Å². The van der Waals surface area contributed by atoms with Gasteiger partial charge in [0.25, 0.3) is 5.91 Å². The summed E-state index contributed by atoms with van der Waals surface area (Å²) in [6.45, 7) is 6.20. The molecule has 1 aliphatic heterocycles. The summed E-state index contributed by atoms with van der Waals surface area (Å²) in [5.74, 6) is 0.897. The summed E-state index contributed by atoms with van der Waals surface area (Å²) in [7, 11) is 1.82. The van der Waals surface area contributed by atoms with E-state index in [9.17, 15) is 4.79 Å². The highest BCUT2D eigenvalue weighted by Gasteiger charge is 2.37. The number of hydrogen-bond acceptors (Lipinski definition) is 3. The molecule has 19 heavy (non-hydrogen) atoms. The summed E-state index contributed by atoms with van der Waals surface area (Å²) in [6.07, 6.45) is 5.06. The molecule has 4 heteroatoms. The number of pyridine rings is 1. The van der Waals surface area contributed by atoms with Gasteiger partial charge in [-0.05, 0) is 36.8 Å². The van der Waals surface area contributed by atoms with Gasteiger partial charge in [0, 0.05) is 26.3 Å². The van der Waals surface area contributed by atoms with Crippen molar-refractivity contribution in [1.82, 2.24) is 9.88 Å². The largest absolute Gasteiger partial charge is 0.373 e. The van der Waals surface area contributed by atoms with Gasteiger partial charge in [-0.2, -0.15) is 0 Å². The standard InChI is InChI=1S/C15H23N3O/c1-4-15(5-2)8-9-18(11-15)14(19)12-6-7-13(16-3)17-10-12/h6-7,10H,4-5,8-9,11H2,1-3H3,(H,16,17). The van der Waals surface area contributed by atoms with Crippen molar-refractivity contribution in [2.24, 2.45) is 5.41 Å². The Morgan fingerprint density at radius 3 is 2.63 bits per heavy atom. The zero-order valence-electron chi connectivity index (χ0n) is 12.1. The Morgan fingerprint density at radius 2 is 2.16 bits per heavy atom. The molecule has 0 radical (unpaired) electrons. The van der Waals surface area contributed by atoms with Crippen molar-refractivity contribution in [3.8, 4) is 0 Å². The highest BCUT2D eigenvalue weighted by Crippen LogP contribution is 2.37. The highest BCUT2D eigenvalue weighted by molar-refractivity contribution is 5.94. The molecule has 0 spiro atoms. The van der Waals surface area contributed by atoms with Crippen molar-refractivity contribution >= 4 is 11.7 Å². The lowest BCUT2D eigenvalue weighted by molar-refractivity contribution is 0.0769. The van der Waals surface area contributed by atoms with Gasteiger partial charge in [-0.15, -0.1) is 0 Å². The van der Waals surface area contributed by atoms with Crippen LogP contribution in [-0.4, -0.2) is 35.9 Å². The van der Waals surface area contributed by atoms with E-state index < -0.39 is 0 Å². The third-order valence-corrected chi connectivity index (χ3v) is 4.49. The van der Waals surface area contributed by atoms with Crippen LogP contribution in [0.15, 0.2) is 18.3 Å². The van der Waals surface area contributed by atoms with Gasteiger partial charge in [0.2, 0.25) is 0 Å². The lowest BCUT2D eigenvalue weighted by atomic mass is 9.82. The fraction of sp³-hybridized carbons (Fsp3) is 0.600. The van der Waals surface area contributed by atoms with E-state index >= 15 is 0 Å². The van der Waals surface area contributed by atoms with Crippen LogP contribution in [0.2, 0.25) is 0 Å². The molecule has 0 bridgehead atoms. The molecule has 2 rings (SSSR count). The van der Waals surface area contributed by atoms with Crippen LogP contribution >= 0.6 is 0 Å². The molecule has 0 unspecified atom stereocenters. The summed E-state index contributed by atoms with van der Waals surface area (Å²) < 4.78 is 0. The van der Waals surface area contributed by atoms with E-state index in [1.165, 1.54) is 0 Å². The first-order valence-electron chi connectivity index (χ1n) is 7.07. The molecule has 0 saturated carbocycles. The molecule has 104 valence electrons. The Labute approximate surface area is 115 Å². The molecule has 1 aliphatic rings. The average molecular weight is 261 g/mol. The molecule has 2 heterocycles. The summed E-state index contributed by atoms with van der Waals surface area (Å²) in [6, 6.07) is 3.69. The van der Waals surface area contributed by atoms with E-state index in [1.807, 2.05) is 24.1 Å². The third kappa shape index (κ3) is 2.72. The maximum atomic E-state index is 12.4. The second kappa shape index (κ2) is 5.59. The maximum absolute atomic E-state index is 12.4. The zero-order valence-corrected chi connectivity index (χ0v) is 12.1. The van der Waals surface area contributed by atoms with Gasteiger partial charge >= 0.3 is 0 Å². The Morgan fingerprint density at radius 1 is 1.42 bits per heavy atom. The van der Waals surface area contributed by atoms with Crippen LogP contribution in [0.3, 0.4) is 0 Å². The Bertz CT molecular complexity index is 437. The van der Waals surface area contributed by atoms with Crippen LogP contribution in [0.5, 0.6) is 0 Å². The number of nitrogens with zero attached hydrogens (tertiary/aromatic N) is 2. The molecular weight excluding hydrogens is 238 g/mol. The maximum Gasteiger partial charge on any atom is 0.255 e. The van der Waals surface area contributed by atoms with Gasteiger partial charge < -0.3 is 10.2 Å². The zero-order chi connectivity index (χ0) is 13.9. The number of nitrogens with one attached hydrogen (secondary N) is 1. The number of likely N-dealkylation sites (tertiary alicyclic amines) is 1. The van der Waals surface area contributed by atoms with E-state index in [-0.39, 0.29) is 5.91 Å². The number of amides is 1. The second-order valence-electron chi connectivity index (χ2n) is 5.37. The quantitative estimate of drug-likeness (QED) is 0.906. The first-order chi connectivity index (χ1) is 9.14. The Hall–Kier alpha value is -1.58. The van der Waals surface area contributed by atoms with Crippen molar-refractivity contribution < 1.29 is 4.79 Å². The Balaban J connectivity index is 2.08. The van der Waals surface area contributed by atoms with E-state index in [2.05, 4.69) is 24.1 Å². The molecular formula is C15H23N3O. The van der Waals surface area contributed by atoms with Gasteiger partial charge in [-0.1, -0.05) is 13.8 Å². The van der Waals surface area contributed by atoms with Gasteiger partial charge in [0.05, 0.1) is 5.56 Å². The number of hydrogen-bond donors (Lipinski definition) is 1. The van der Waals surface area contributed by atoms with Crippen LogP contribution in [0.1, 0.15) is 43.5 Å². The minimum atomic E-state index is 0.110. The average Bonchev–Trinajstić information content (AvgIpc) is 2.92. The van der Waals surface area contributed by atoms with E-state index in [0.717, 1.165) is 38.2 Å². The molecule has 1 aromatic rings. The van der Waals surface area contributed by atoms with Crippen molar-refractivity contribution in [3.63, 3.8) is 0 Å². The summed E-state index contributed by atoms with van der Waals surface area (Å²) in [5.41, 5.74) is 1.01. The SMILES string of the molecule is CCC1(CC)CCN(C(=O)c2ccc(NC)nc2)C1. The molecule has 1 aromatic heterocycles. The normalized spacial score (nSPS) is 17.5. The topological polar surface area (TPSA) is 45.2 Å². The minimum Gasteiger partial charge on any atom is -0.373 e.